The van der Waals surface area contributed by atoms with Crippen LogP contribution in [-0.2, 0) is 25.1 Å². The van der Waals surface area contributed by atoms with Crippen molar-refractivity contribution in [2.24, 2.45) is 4.99 Å². The normalized spacial score (nSPS) is 13.7. The van der Waals surface area contributed by atoms with Crippen LogP contribution in [0.5, 0.6) is 5.88 Å². The Hall–Kier alpha value is -2.73. The van der Waals surface area contributed by atoms with Crippen molar-refractivity contribution in [3.8, 4) is 5.88 Å². The Morgan fingerprint density at radius 2 is 1.48 bits per heavy atom. The van der Waals surface area contributed by atoms with E-state index < -0.39 is 52.8 Å². The van der Waals surface area contributed by atoms with E-state index in [0.717, 1.165) is 4.57 Å². The maximum Gasteiger partial charge on any atom is 0.433 e. The lowest BCUT2D eigenvalue weighted by Gasteiger charge is -2.21. The van der Waals surface area contributed by atoms with Crippen molar-refractivity contribution in [2.75, 3.05) is 0 Å². The van der Waals surface area contributed by atoms with Crippen molar-refractivity contribution in [1.29, 1.82) is 0 Å². The molecule has 1 aromatic heterocycles. The monoisotopic (exact) mass is 489 g/mol. The molecule has 33 heavy (non-hydrogen) atoms. The van der Waals surface area contributed by atoms with E-state index in [1.807, 2.05) is 0 Å². The summed E-state index contributed by atoms with van der Waals surface area (Å²) in [4.78, 5) is 6.91. The van der Waals surface area contributed by atoms with Gasteiger partial charge in [-0.25, -0.2) is 9.98 Å². The number of rotatable bonds is 6. The van der Waals surface area contributed by atoms with E-state index in [-0.39, 0.29) is 18.5 Å². The summed E-state index contributed by atoms with van der Waals surface area (Å²) in [5.74, 6) is -0.326. The molecular formula is C20H20F9N3O. The first-order chi connectivity index (χ1) is 15.1. The number of nitrogens with zero attached hydrogens (tertiary/aromatic N) is 3. The predicted molar refractivity (Wildman–Crippen MR) is 99.6 cm³/mol. The highest BCUT2D eigenvalue weighted by Crippen LogP contribution is 2.40. The molecule has 4 nitrogen and oxygen atoms in total. The Labute approximate surface area is 182 Å². The summed E-state index contributed by atoms with van der Waals surface area (Å²) in [5.41, 5.74) is -6.61. The summed E-state index contributed by atoms with van der Waals surface area (Å²) in [6, 6.07) is 1.26. The van der Waals surface area contributed by atoms with Gasteiger partial charge in [0.1, 0.15) is 0 Å². The smallest absolute Gasteiger partial charge is 0.433 e. The first-order valence-electron chi connectivity index (χ1n) is 9.80. The van der Waals surface area contributed by atoms with Gasteiger partial charge in [0.05, 0.1) is 22.9 Å². The number of hydrogen-bond acceptors (Lipinski definition) is 3. The third-order valence-electron chi connectivity index (χ3n) is 4.64. The van der Waals surface area contributed by atoms with E-state index in [1.165, 1.54) is 6.92 Å². The molecule has 1 heterocycles. The minimum Gasteiger partial charge on any atom is -0.475 e. The van der Waals surface area contributed by atoms with E-state index in [1.54, 1.807) is 13.8 Å². The van der Waals surface area contributed by atoms with Gasteiger partial charge in [0.2, 0.25) is 5.62 Å². The van der Waals surface area contributed by atoms with Gasteiger partial charge in [-0.3, -0.25) is 4.57 Å². The Morgan fingerprint density at radius 1 is 0.879 bits per heavy atom. The average molecular weight is 489 g/mol. The zero-order valence-corrected chi connectivity index (χ0v) is 17.7. The molecule has 0 amide bonds. The Balaban J connectivity index is 2.86. The zero-order valence-electron chi connectivity index (χ0n) is 17.7. The number of halogens is 9. The Morgan fingerprint density at radius 3 is 1.94 bits per heavy atom. The molecule has 1 aromatic carbocycles. The lowest BCUT2D eigenvalue weighted by Crippen LogP contribution is -2.30. The summed E-state index contributed by atoms with van der Waals surface area (Å²) in [7, 11) is 0. The van der Waals surface area contributed by atoms with Gasteiger partial charge >= 0.3 is 18.5 Å². The molecule has 0 N–H and O–H groups in total. The third-order valence-corrected chi connectivity index (χ3v) is 4.64. The molecule has 0 unspecified atom stereocenters. The van der Waals surface area contributed by atoms with Crippen molar-refractivity contribution in [1.82, 2.24) is 9.55 Å². The second kappa shape index (κ2) is 9.64. The summed E-state index contributed by atoms with van der Waals surface area (Å²) in [6.45, 7) is 4.87. The molecule has 0 saturated carbocycles. The number of aromatic nitrogens is 2. The van der Waals surface area contributed by atoms with Crippen LogP contribution in [0.25, 0.3) is 0 Å². The van der Waals surface area contributed by atoms with E-state index in [0.29, 0.717) is 31.0 Å². The van der Waals surface area contributed by atoms with Gasteiger partial charge in [-0.1, -0.05) is 13.8 Å². The van der Waals surface area contributed by atoms with Gasteiger partial charge in [0, 0.05) is 12.6 Å². The van der Waals surface area contributed by atoms with E-state index in [2.05, 4.69) is 9.98 Å². The van der Waals surface area contributed by atoms with Crippen molar-refractivity contribution < 1.29 is 44.3 Å². The summed E-state index contributed by atoms with van der Waals surface area (Å²) in [5, 5.41) is 0. The lowest BCUT2D eigenvalue weighted by atomic mass is 10.1. The van der Waals surface area contributed by atoms with Crippen molar-refractivity contribution in [3.63, 3.8) is 0 Å². The average Bonchev–Trinajstić information content (AvgIpc) is 2.69. The summed E-state index contributed by atoms with van der Waals surface area (Å²) >= 11 is 0. The molecule has 0 aliphatic rings. The number of alkyl halides is 9. The second-order valence-corrected chi connectivity index (χ2v) is 6.92. The molecule has 0 spiro atoms. The molecule has 0 aliphatic carbocycles. The molecule has 0 aliphatic heterocycles. The van der Waals surface area contributed by atoms with Crippen LogP contribution in [0.4, 0.5) is 45.2 Å². The van der Waals surface area contributed by atoms with Crippen LogP contribution in [0.15, 0.2) is 29.3 Å². The fraction of sp³-hybridized carbons (Fsp3) is 0.500. The molecule has 2 rings (SSSR count). The quantitative estimate of drug-likeness (QED) is 0.421. The third kappa shape index (κ3) is 6.41. The summed E-state index contributed by atoms with van der Waals surface area (Å²) < 4.78 is 126. The molecule has 0 saturated heterocycles. The molecule has 184 valence electrons. The number of benzene rings is 1. The molecular weight excluding hydrogens is 469 g/mol. The van der Waals surface area contributed by atoms with Gasteiger partial charge in [-0.2, -0.15) is 39.5 Å². The molecule has 0 bridgehead atoms. The first-order valence-corrected chi connectivity index (χ1v) is 9.80. The van der Waals surface area contributed by atoms with Crippen LogP contribution < -0.4 is 10.4 Å². The SMILES string of the molecule is CCC(CC)Oc1cc(C(F)(F)F)nc(=Nc2ccc(C(F)(F)F)cc2C(F)(F)F)n1CC. The van der Waals surface area contributed by atoms with Crippen molar-refractivity contribution in [2.45, 2.75) is 64.8 Å². The fourth-order valence-electron chi connectivity index (χ4n) is 2.89. The number of hydrogen-bond donors (Lipinski definition) is 0. The minimum atomic E-state index is -5.26. The van der Waals surface area contributed by atoms with Crippen LogP contribution >= 0.6 is 0 Å². The van der Waals surface area contributed by atoms with Gasteiger partial charge in [-0.05, 0) is 38.0 Å². The topological polar surface area (TPSA) is 39.4 Å². The highest BCUT2D eigenvalue weighted by Gasteiger charge is 2.39. The van der Waals surface area contributed by atoms with Gasteiger partial charge in [-0.15, -0.1) is 0 Å². The van der Waals surface area contributed by atoms with E-state index >= 15 is 0 Å². The maximum absolute atomic E-state index is 13.5. The van der Waals surface area contributed by atoms with Crippen LogP contribution in [0.3, 0.4) is 0 Å². The second-order valence-electron chi connectivity index (χ2n) is 6.92. The maximum atomic E-state index is 13.5. The van der Waals surface area contributed by atoms with Crippen LogP contribution in [0.1, 0.15) is 50.4 Å². The largest absolute Gasteiger partial charge is 0.475 e. The summed E-state index contributed by atoms with van der Waals surface area (Å²) in [6.07, 6.45) is -14.9. The highest BCUT2D eigenvalue weighted by atomic mass is 19.4. The minimum absolute atomic E-state index is 0.0819. The fourth-order valence-corrected chi connectivity index (χ4v) is 2.89. The Bertz CT molecular complexity index is 1030. The molecule has 13 heteroatoms. The first kappa shape index (κ1) is 26.5. The lowest BCUT2D eigenvalue weighted by molar-refractivity contribution is -0.143. The van der Waals surface area contributed by atoms with Crippen LogP contribution in [0.2, 0.25) is 0 Å². The van der Waals surface area contributed by atoms with E-state index in [4.69, 9.17) is 4.74 Å². The van der Waals surface area contributed by atoms with Gasteiger partial charge in [0.15, 0.2) is 11.6 Å². The molecule has 0 fully saturated rings. The molecule has 0 atom stereocenters. The van der Waals surface area contributed by atoms with Gasteiger partial charge in [0.25, 0.3) is 0 Å². The standard InChI is InChI=1S/C20H20F9N3O/c1-4-12(5-2)33-16-10-15(20(27,28)29)31-17(32(16)6-3)30-14-8-7-11(18(21,22)23)9-13(14)19(24,25)26/h7-10,12H,4-6H2,1-3H3. The van der Waals surface area contributed by atoms with Crippen molar-refractivity contribution in [3.05, 3.63) is 46.7 Å². The van der Waals surface area contributed by atoms with E-state index in [9.17, 15) is 39.5 Å². The number of ether oxygens (including phenoxy) is 1. The predicted octanol–water partition coefficient (Wildman–Crippen LogP) is 6.76. The van der Waals surface area contributed by atoms with Crippen LogP contribution in [0, 0.1) is 0 Å². The highest BCUT2D eigenvalue weighted by molar-refractivity contribution is 5.50. The molecule has 0 radical (unpaired) electrons. The zero-order chi connectivity index (χ0) is 25.2. The molecule has 2 aromatic rings. The Kier molecular flexibility index (Phi) is 7.74. The van der Waals surface area contributed by atoms with Crippen molar-refractivity contribution >= 4 is 5.69 Å². The van der Waals surface area contributed by atoms with Crippen LogP contribution in [-0.4, -0.2) is 15.7 Å². The van der Waals surface area contributed by atoms with Gasteiger partial charge < -0.3 is 4.74 Å².